The summed E-state index contributed by atoms with van der Waals surface area (Å²) < 4.78 is 0. The van der Waals surface area contributed by atoms with Crippen LogP contribution in [0.15, 0.2) is 42.5 Å². The molecule has 3 rings (SSSR count). The first-order valence-electron chi connectivity index (χ1n) is 5.58. The van der Waals surface area contributed by atoms with Crippen molar-refractivity contribution in [2.24, 2.45) is 0 Å². The summed E-state index contributed by atoms with van der Waals surface area (Å²) >= 11 is 0. The molecule has 0 heterocycles. The molecular formula is C14H14O2. The highest BCUT2D eigenvalue weighted by atomic mass is 16.3. The van der Waals surface area contributed by atoms with Gasteiger partial charge >= 0.3 is 0 Å². The van der Waals surface area contributed by atoms with Gasteiger partial charge in [-0.25, -0.2) is 0 Å². The van der Waals surface area contributed by atoms with E-state index in [1.807, 2.05) is 42.5 Å². The maximum atomic E-state index is 10.0. The molecule has 0 amide bonds. The number of aliphatic hydroxyl groups excluding tert-OH is 1. The zero-order valence-electron chi connectivity index (χ0n) is 8.93. The Labute approximate surface area is 94.2 Å². The Bertz CT molecular complexity index is 529. The molecule has 2 aromatic rings. The second kappa shape index (κ2) is 3.30. The van der Waals surface area contributed by atoms with Crippen molar-refractivity contribution in [3.8, 4) is 0 Å². The molecule has 0 saturated heterocycles. The molecule has 82 valence electrons. The van der Waals surface area contributed by atoms with Crippen LogP contribution in [0.4, 0.5) is 0 Å². The molecule has 1 saturated carbocycles. The Morgan fingerprint density at radius 1 is 1.00 bits per heavy atom. The fourth-order valence-electron chi connectivity index (χ4n) is 2.09. The maximum Gasteiger partial charge on any atom is 0.108 e. The summed E-state index contributed by atoms with van der Waals surface area (Å²) in [6.45, 7) is 0. The smallest absolute Gasteiger partial charge is 0.108 e. The molecule has 1 atom stereocenters. The second-order valence-electron chi connectivity index (χ2n) is 4.61. The van der Waals surface area contributed by atoms with Gasteiger partial charge in [-0.1, -0.05) is 36.4 Å². The summed E-state index contributed by atoms with van der Waals surface area (Å²) in [7, 11) is 0. The molecule has 16 heavy (non-hydrogen) atoms. The van der Waals surface area contributed by atoms with E-state index in [9.17, 15) is 10.2 Å². The zero-order valence-corrected chi connectivity index (χ0v) is 8.93. The van der Waals surface area contributed by atoms with E-state index in [1.54, 1.807) is 0 Å². The molecule has 0 aromatic heterocycles. The Balaban J connectivity index is 2.05. The van der Waals surface area contributed by atoms with Gasteiger partial charge in [-0.15, -0.1) is 0 Å². The van der Waals surface area contributed by atoms with E-state index in [4.69, 9.17) is 0 Å². The van der Waals surface area contributed by atoms with Gasteiger partial charge in [0.1, 0.15) is 6.10 Å². The van der Waals surface area contributed by atoms with Crippen molar-refractivity contribution in [1.82, 2.24) is 0 Å². The molecule has 2 aromatic carbocycles. The van der Waals surface area contributed by atoms with E-state index in [0.717, 1.165) is 16.3 Å². The van der Waals surface area contributed by atoms with Crippen molar-refractivity contribution in [3.63, 3.8) is 0 Å². The highest BCUT2D eigenvalue weighted by molar-refractivity contribution is 5.83. The minimum absolute atomic E-state index is 0.695. The molecule has 0 bridgehead atoms. The lowest BCUT2D eigenvalue weighted by Gasteiger charge is -2.17. The fourth-order valence-corrected chi connectivity index (χ4v) is 2.09. The van der Waals surface area contributed by atoms with Crippen LogP contribution in [-0.4, -0.2) is 15.8 Å². The summed E-state index contributed by atoms with van der Waals surface area (Å²) in [6, 6.07) is 13.9. The van der Waals surface area contributed by atoms with Gasteiger partial charge in [0.15, 0.2) is 0 Å². The quantitative estimate of drug-likeness (QED) is 0.805. The average molecular weight is 214 g/mol. The first-order valence-corrected chi connectivity index (χ1v) is 5.58. The first-order chi connectivity index (χ1) is 7.69. The Morgan fingerprint density at radius 2 is 1.69 bits per heavy atom. The Kier molecular flexibility index (Phi) is 2.03. The van der Waals surface area contributed by atoms with Gasteiger partial charge in [0.05, 0.1) is 5.60 Å². The van der Waals surface area contributed by atoms with Crippen molar-refractivity contribution in [2.45, 2.75) is 24.5 Å². The van der Waals surface area contributed by atoms with Crippen LogP contribution >= 0.6 is 0 Å². The average Bonchev–Trinajstić information content (AvgIpc) is 3.07. The van der Waals surface area contributed by atoms with E-state index >= 15 is 0 Å². The standard InChI is InChI=1S/C14H14O2/c15-13(14(16)7-8-14)12-6-5-10-3-1-2-4-11(10)9-12/h1-6,9,13,15-16H,7-8H2/t13-/m1/s1. The molecule has 2 heteroatoms. The van der Waals surface area contributed by atoms with E-state index in [2.05, 4.69) is 0 Å². The lowest BCUT2D eigenvalue weighted by molar-refractivity contribution is -0.00165. The van der Waals surface area contributed by atoms with Gasteiger partial charge in [0.2, 0.25) is 0 Å². The van der Waals surface area contributed by atoms with Gasteiger partial charge in [-0.3, -0.25) is 0 Å². The van der Waals surface area contributed by atoms with Crippen molar-refractivity contribution < 1.29 is 10.2 Å². The van der Waals surface area contributed by atoms with Crippen LogP contribution in [0.3, 0.4) is 0 Å². The maximum absolute atomic E-state index is 10.0. The predicted molar refractivity (Wildman–Crippen MR) is 63.1 cm³/mol. The lowest BCUT2D eigenvalue weighted by Crippen LogP contribution is -2.19. The molecule has 2 nitrogen and oxygen atoms in total. The third-order valence-electron chi connectivity index (χ3n) is 3.36. The normalized spacial score (nSPS) is 19.6. The highest BCUT2D eigenvalue weighted by Gasteiger charge is 2.47. The molecule has 0 unspecified atom stereocenters. The number of benzene rings is 2. The highest BCUT2D eigenvalue weighted by Crippen LogP contribution is 2.45. The number of fused-ring (bicyclic) bond motifs is 1. The third kappa shape index (κ3) is 1.51. The van der Waals surface area contributed by atoms with Gasteiger partial charge < -0.3 is 10.2 Å². The summed E-state index contributed by atoms with van der Waals surface area (Å²) in [6.07, 6.45) is 0.638. The third-order valence-corrected chi connectivity index (χ3v) is 3.36. The summed E-state index contributed by atoms with van der Waals surface area (Å²) in [5.41, 5.74) is -0.0682. The molecule has 1 aliphatic carbocycles. The molecule has 0 spiro atoms. The Hall–Kier alpha value is -1.38. The monoisotopic (exact) mass is 214 g/mol. The van der Waals surface area contributed by atoms with Gasteiger partial charge in [-0.2, -0.15) is 0 Å². The van der Waals surface area contributed by atoms with Crippen LogP contribution < -0.4 is 0 Å². The van der Waals surface area contributed by atoms with E-state index in [1.165, 1.54) is 0 Å². The number of aliphatic hydroxyl groups is 2. The molecule has 0 radical (unpaired) electrons. The number of rotatable bonds is 2. The van der Waals surface area contributed by atoms with Crippen molar-refractivity contribution in [1.29, 1.82) is 0 Å². The number of hydrogen-bond donors (Lipinski definition) is 2. The SMILES string of the molecule is O[C@H](c1ccc2ccccc2c1)C1(O)CC1. The predicted octanol–water partition coefficient (Wildman–Crippen LogP) is 2.40. The van der Waals surface area contributed by atoms with E-state index in [0.29, 0.717) is 12.8 Å². The molecule has 1 fully saturated rings. The van der Waals surface area contributed by atoms with Crippen molar-refractivity contribution >= 4 is 10.8 Å². The van der Waals surface area contributed by atoms with Crippen LogP contribution in [0.1, 0.15) is 24.5 Å². The van der Waals surface area contributed by atoms with Crippen LogP contribution in [0.5, 0.6) is 0 Å². The summed E-state index contributed by atoms with van der Waals surface area (Å²) in [5, 5.41) is 22.2. The number of hydrogen-bond acceptors (Lipinski definition) is 2. The van der Waals surface area contributed by atoms with Crippen molar-refractivity contribution in [2.75, 3.05) is 0 Å². The van der Waals surface area contributed by atoms with Gasteiger partial charge in [-0.05, 0) is 35.2 Å². The van der Waals surface area contributed by atoms with E-state index < -0.39 is 11.7 Å². The molecular weight excluding hydrogens is 200 g/mol. The minimum atomic E-state index is -0.873. The largest absolute Gasteiger partial charge is 0.387 e. The van der Waals surface area contributed by atoms with Crippen LogP contribution in [0, 0.1) is 0 Å². The Morgan fingerprint density at radius 3 is 2.38 bits per heavy atom. The summed E-state index contributed by atoms with van der Waals surface area (Å²) in [4.78, 5) is 0. The second-order valence-corrected chi connectivity index (χ2v) is 4.61. The topological polar surface area (TPSA) is 40.5 Å². The first kappa shape index (κ1) is 9.82. The molecule has 2 N–H and O–H groups in total. The summed E-state index contributed by atoms with van der Waals surface area (Å²) in [5.74, 6) is 0. The fraction of sp³-hybridized carbons (Fsp3) is 0.286. The van der Waals surface area contributed by atoms with Crippen LogP contribution in [0.25, 0.3) is 10.8 Å². The van der Waals surface area contributed by atoms with Crippen LogP contribution in [-0.2, 0) is 0 Å². The minimum Gasteiger partial charge on any atom is -0.387 e. The zero-order chi connectivity index (χ0) is 11.2. The van der Waals surface area contributed by atoms with E-state index in [-0.39, 0.29) is 0 Å². The van der Waals surface area contributed by atoms with Crippen molar-refractivity contribution in [3.05, 3.63) is 48.0 Å². The van der Waals surface area contributed by atoms with Crippen LogP contribution in [0.2, 0.25) is 0 Å². The van der Waals surface area contributed by atoms with Gasteiger partial charge in [0.25, 0.3) is 0 Å². The lowest BCUT2D eigenvalue weighted by atomic mass is 9.99. The van der Waals surface area contributed by atoms with Gasteiger partial charge in [0, 0.05) is 0 Å². The molecule has 1 aliphatic rings. The molecule has 0 aliphatic heterocycles.